The highest BCUT2D eigenvalue weighted by Gasteiger charge is 2.29. The molecule has 0 fully saturated rings. The number of fused-ring (bicyclic) bond motifs is 3. The number of benzene rings is 1. The Balaban J connectivity index is 1.59. The van der Waals surface area contributed by atoms with Gasteiger partial charge in [-0.1, -0.05) is 40.9 Å². The van der Waals surface area contributed by atoms with E-state index < -0.39 is 6.10 Å². The number of aliphatic hydroxyl groups is 1. The van der Waals surface area contributed by atoms with Gasteiger partial charge in [0.15, 0.2) is 0 Å². The lowest BCUT2D eigenvalue weighted by Crippen LogP contribution is -2.37. The van der Waals surface area contributed by atoms with E-state index >= 15 is 0 Å². The Hall–Kier alpha value is -1.30. The van der Waals surface area contributed by atoms with Gasteiger partial charge in [-0.15, -0.1) is 0 Å². The number of hydrogen-bond acceptors (Lipinski definition) is 3. The van der Waals surface area contributed by atoms with Gasteiger partial charge in [-0.25, -0.2) is 4.98 Å². The molecule has 0 aliphatic carbocycles. The van der Waals surface area contributed by atoms with Crippen LogP contribution >= 0.6 is 34.8 Å². The second-order valence-corrected chi connectivity index (χ2v) is 8.30. The molecular formula is C20H20Cl3N3O. The molecule has 2 aromatic heterocycles. The van der Waals surface area contributed by atoms with Crippen LogP contribution in [0.2, 0.25) is 15.1 Å². The van der Waals surface area contributed by atoms with Gasteiger partial charge in [0.2, 0.25) is 0 Å². The van der Waals surface area contributed by atoms with Gasteiger partial charge in [-0.05, 0) is 44.0 Å². The maximum Gasteiger partial charge on any atom is 0.0919 e. The molecule has 0 bridgehead atoms. The number of H-pyrrole nitrogens is 1. The van der Waals surface area contributed by atoms with Crippen molar-refractivity contribution < 1.29 is 5.11 Å². The molecule has 3 aromatic rings. The molecule has 4 nitrogen and oxygen atoms in total. The Morgan fingerprint density at radius 2 is 2.00 bits per heavy atom. The monoisotopic (exact) mass is 423 g/mol. The molecule has 4 rings (SSSR count). The van der Waals surface area contributed by atoms with E-state index in [9.17, 15) is 5.11 Å². The highest BCUT2D eigenvalue weighted by atomic mass is 35.5. The van der Waals surface area contributed by atoms with Gasteiger partial charge in [-0.3, -0.25) is 4.90 Å². The van der Waals surface area contributed by atoms with Gasteiger partial charge >= 0.3 is 0 Å². The Morgan fingerprint density at radius 3 is 2.74 bits per heavy atom. The van der Waals surface area contributed by atoms with E-state index in [1.807, 2.05) is 19.1 Å². The maximum absolute atomic E-state index is 10.7. The number of aliphatic hydroxyl groups excluding tert-OH is 1. The van der Waals surface area contributed by atoms with Crippen LogP contribution in [0.4, 0.5) is 0 Å². The highest BCUT2D eigenvalue weighted by molar-refractivity contribution is 6.42. The van der Waals surface area contributed by atoms with E-state index in [4.69, 9.17) is 34.8 Å². The second kappa shape index (κ2) is 7.26. The molecule has 0 spiro atoms. The van der Waals surface area contributed by atoms with Crippen molar-refractivity contribution >= 4 is 45.8 Å². The van der Waals surface area contributed by atoms with Gasteiger partial charge in [0, 0.05) is 30.4 Å². The average Bonchev–Trinajstić information content (AvgIpc) is 2.98. The van der Waals surface area contributed by atoms with Crippen LogP contribution < -0.4 is 0 Å². The van der Waals surface area contributed by atoms with E-state index in [2.05, 4.69) is 21.8 Å². The molecule has 0 amide bonds. The highest BCUT2D eigenvalue weighted by Crippen LogP contribution is 2.36. The molecule has 142 valence electrons. The zero-order valence-electron chi connectivity index (χ0n) is 15.1. The van der Waals surface area contributed by atoms with E-state index in [-0.39, 0.29) is 6.04 Å². The Morgan fingerprint density at radius 1 is 1.22 bits per heavy atom. The minimum Gasteiger partial charge on any atom is -0.387 e. The molecule has 3 heterocycles. The summed E-state index contributed by atoms with van der Waals surface area (Å²) in [7, 11) is 0. The van der Waals surface area contributed by atoms with Crippen molar-refractivity contribution in [1.82, 2.24) is 14.9 Å². The van der Waals surface area contributed by atoms with Crippen LogP contribution in [-0.2, 0) is 6.42 Å². The molecule has 1 aromatic carbocycles. The average molecular weight is 425 g/mol. The van der Waals surface area contributed by atoms with Crippen LogP contribution in [-0.4, -0.2) is 33.1 Å². The van der Waals surface area contributed by atoms with Crippen LogP contribution in [0.3, 0.4) is 0 Å². The number of aryl methyl sites for hydroxylation is 1. The lowest BCUT2D eigenvalue weighted by atomic mass is 9.98. The van der Waals surface area contributed by atoms with Gasteiger partial charge in [0.05, 0.1) is 37.9 Å². The first kappa shape index (κ1) is 19.0. The van der Waals surface area contributed by atoms with Crippen molar-refractivity contribution in [1.29, 1.82) is 0 Å². The number of aromatic nitrogens is 2. The van der Waals surface area contributed by atoms with Crippen molar-refractivity contribution in [2.45, 2.75) is 32.4 Å². The predicted molar refractivity (Wildman–Crippen MR) is 111 cm³/mol. The van der Waals surface area contributed by atoms with Gasteiger partial charge < -0.3 is 10.1 Å². The lowest BCUT2D eigenvalue weighted by Gasteiger charge is -2.34. The molecule has 2 unspecified atom stereocenters. The Kier molecular flexibility index (Phi) is 5.12. The number of hydrogen-bond donors (Lipinski definition) is 2. The van der Waals surface area contributed by atoms with Gasteiger partial charge in [0.1, 0.15) is 0 Å². The fraction of sp³-hybridized carbons (Fsp3) is 0.350. The number of nitrogens with one attached hydrogen (secondary N) is 1. The first-order valence-corrected chi connectivity index (χ1v) is 10.0. The summed E-state index contributed by atoms with van der Waals surface area (Å²) in [4.78, 5) is 10.4. The molecule has 0 saturated heterocycles. The van der Waals surface area contributed by atoms with Crippen LogP contribution in [0.5, 0.6) is 0 Å². The predicted octanol–water partition coefficient (Wildman–Crippen LogP) is 5.48. The summed E-state index contributed by atoms with van der Waals surface area (Å²) in [5.74, 6) is 0. The summed E-state index contributed by atoms with van der Waals surface area (Å²) in [5, 5.41) is 12.3. The third-order valence-corrected chi connectivity index (χ3v) is 6.50. The van der Waals surface area contributed by atoms with Crippen LogP contribution in [0.15, 0.2) is 24.3 Å². The first-order valence-electron chi connectivity index (χ1n) is 8.89. The zero-order valence-corrected chi connectivity index (χ0v) is 17.3. The zero-order chi connectivity index (χ0) is 19.3. The summed E-state index contributed by atoms with van der Waals surface area (Å²) in [6.45, 7) is 5.43. The third kappa shape index (κ3) is 3.45. The minimum atomic E-state index is -0.636. The van der Waals surface area contributed by atoms with Crippen LogP contribution in [0.25, 0.3) is 11.0 Å². The topological polar surface area (TPSA) is 52.2 Å². The van der Waals surface area contributed by atoms with Crippen molar-refractivity contribution in [3.05, 3.63) is 61.8 Å². The maximum atomic E-state index is 10.7. The van der Waals surface area contributed by atoms with Crippen molar-refractivity contribution in [2.75, 3.05) is 13.1 Å². The summed E-state index contributed by atoms with van der Waals surface area (Å²) < 4.78 is 0. The normalized spacial score (nSPS) is 18.7. The third-order valence-electron chi connectivity index (χ3n) is 5.38. The molecular weight excluding hydrogens is 405 g/mol. The molecule has 1 aliphatic rings. The number of nitrogens with zero attached hydrogens (tertiary/aromatic N) is 2. The number of aromatic amines is 1. The van der Waals surface area contributed by atoms with E-state index in [1.54, 1.807) is 12.1 Å². The molecule has 2 N–H and O–H groups in total. The SMILES string of the molecule is Cc1nc2c3c([nH]c2cc1Cl)C(C)N(CC(O)c1ccc(Cl)c(Cl)c1)CC3. The number of pyridine rings is 1. The summed E-state index contributed by atoms with van der Waals surface area (Å²) in [6.07, 6.45) is 0.241. The Labute approximate surface area is 173 Å². The van der Waals surface area contributed by atoms with Crippen LogP contribution in [0, 0.1) is 6.92 Å². The Bertz CT molecular complexity index is 1020. The number of β-amino-alcohol motifs (C(OH)–C–C–N with tert-alkyl or cyclic N) is 1. The number of rotatable bonds is 3. The first-order chi connectivity index (χ1) is 12.8. The molecule has 0 saturated carbocycles. The molecule has 1 aliphatic heterocycles. The quantitative estimate of drug-likeness (QED) is 0.585. The molecule has 0 radical (unpaired) electrons. The largest absolute Gasteiger partial charge is 0.387 e. The lowest BCUT2D eigenvalue weighted by molar-refractivity contribution is 0.0856. The number of halogens is 3. The van der Waals surface area contributed by atoms with Crippen molar-refractivity contribution in [3.8, 4) is 0 Å². The fourth-order valence-corrected chi connectivity index (χ4v) is 4.25. The molecule has 7 heteroatoms. The standard InChI is InChI=1S/C20H20Cl3N3O/c1-10-15(22)8-17-20(24-10)13-5-6-26(11(2)19(13)25-17)9-18(27)12-3-4-14(21)16(23)7-12/h3-4,7-8,11,18,25,27H,5-6,9H2,1-2H3. The minimum absolute atomic E-state index is 0.138. The van der Waals surface area contributed by atoms with E-state index in [1.165, 1.54) is 5.56 Å². The summed E-state index contributed by atoms with van der Waals surface area (Å²) in [6, 6.07) is 7.34. The summed E-state index contributed by atoms with van der Waals surface area (Å²) in [5.41, 5.74) is 5.97. The van der Waals surface area contributed by atoms with Gasteiger partial charge in [0.25, 0.3) is 0 Å². The van der Waals surface area contributed by atoms with Crippen molar-refractivity contribution in [3.63, 3.8) is 0 Å². The van der Waals surface area contributed by atoms with E-state index in [0.717, 1.165) is 41.0 Å². The summed E-state index contributed by atoms with van der Waals surface area (Å²) >= 11 is 18.3. The van der Waals surface area contributed by atoms with Crippen molar-refractivity contribution in [2.24, 2.45) is 0 Å². The second-order valence-electron chi connectivity index (χ2n) is 7.08. The molecule has 2 atom stereocenters. The fourth-order valence-electron chi connectivity index (χ4n) is 3.79. The van der Waals surface area contributed by atoms with E-state index in [0.29, 0.717) is 21.6 Å². The molecule has 27 heavy (non-hydrogen) atoms. The van der Waals surface area contributed by atoms with Crippen LogP contribution in [0.1, 0.15) is 41.6 Å². The smallest absolute Gasteiger partial charge is 0.0919 e. The van der Waals surface area contributed by atoms with Gasteiger partial charge in [-0.2, -0.15) is 0 Å².